The molecule has 0 N–H and O–H groups in total. The minimum atomic E-state index is -1.24. The summed E-state index contributed by atoms with van der Waals surface area (Å²) in [5.41, 5.74) is 0.698. The van der Waals surface area contributed by atoms with Crippen LogP contribution in [-0.4, -0.2) is 12.8 Å². The fourth-order valence-corrected chi connectivity index (χ4v) is 1.67. The molecule has 0 aromatic heterocycles. The smallest absolute Gasteiger partial charge is 0.231 e. The van der Waals surface area contributed by atoms with Crippen LogP contribution < -0.4 is 14.6 Å². The first-order valence-electron chi connectivity index (χ1n) is 4.15. The normalized spacial score (nSPS) is 13.4. The fraction of sp³-hybridized carbons (Fsp3) is 0.100. The Morgan fingerprint density at radius 2 is 2.07 bits per heavy atom. The molecule has 5 heteroatoms. The Bertz CT molecular complexity index is 439. The van der Waals surface area contributed by atoms with Gasteiger partial charge in [-0.1, -0.05) is 22.0 Å². The number of carboxylic acids is 1. The highest BCUT2D eigenvalue weighted by molar-refractivity contribution is 9.10. The summed E-state index contributed by atoms with van der Waals surface area (Å²) in [6.45, 7) is 0.190. The van der Waals surface area contributed by atoms with Crippen LogP contribution in [-0.2, 0) is 4.79 Å². The summed E-state index contributed by atoms with van der Waals surface area (Å²) in [5.74, 6) is 0.0169. The minimum absolute atomic E-state index is 0.190. The maximum atomic E-state index is 10.2. The zero-order valence-corrected chi connectivity index (χ0v) is 9.11. The highest BCUT2D eigenvalue weighted by Gasteiger charge is 2.14. The fourth-order valence-electron chi connectivity index (χ4n) is 1.22. The van der Waals surface area contributed by atoms with E-state index < -0.39 is 5.97 Å². The highest BCUT2D eigenvalue weighted by atomic mass is 79.9. The van der Waals surface area contributed by atoms with Crippen molar-refractivity contribution in [2.75, 3.05) is 6.79 Å². The summed E-state index contributed by atoms with van der Waals surface area (Å²) >= 11 is 3.30. The van der Waals surface area contributed by atoms with Gasteiger partial charge in [0.2, 0.25) is 6.79 Å². The number of fused-ring (bicyclic) bond motifs is 1. The van der Waals surface area contributed by atoms with Crippen LogP contribution in [0.4, 0.5) is 0 Å². The predicted molar refractivity (Wildman–Crippen MR) is 54.3 cm³/mol. The lowest BCUT2D eigenvalue weighted by molar-refractivity contribution is -0.297. The molecule has 0 amide bonds. The van der Waals surface area contributed by atoms with E-state index in [-0.39, 0.29) is 6.79 Å². The first kappa shape index (κ1) is 10.0. The Labute approximate surface area is 94.2 Å². The Morgan fingerprint density at radius 3 is 2.73 bits per heavy atom. The lowest BCUT2D eigenvalue weighted by atomic mass is 10.2. The van der Waals surface area contributed by atoms with E-state index in [2.05, 4.69) is 15.9 Å². The standard InChI is InChI=1S/C10H7BrO4/c11-7-4-9-8(14-5-15-9)3-6(7)1-2-10(12)13/h1-4H,5H2,(H,12,13)/p-1/b2-1+. The van der Waals surface area contributed by atoms with E-state index in [1.54, 1.807) is 12.1 Å². The largest absolute Gasteiger partial charge is 0.545 e. The van der Waals surface area contributed by atoms with Gasteiger partial charge in [-0.05, 0) is 23.8 Å². The molecular formula is C10H6BrO4-. The average Bonchev–Trinajstić information content (AvgIpc) is 2.60. The molecule has 1 aromatic carbocycles. The van der Waals surface area contributed by atoms with Crippen LogP contribution in [0, 0.1) is 0 Å². The first-order chi connectivity index (χ1) is 7.16. The molecule has 15 heavy (non-hydrogen) atoms. The van der Waals surface area contributed by atoms with Crippen LogP contribution in [0.2, 0.25) is 0 Å². The number of aliphatic carboxylic acids is 1. The molecule has 1 heterocycles. The van der Waals surface area contributed by atoms with Crippen molar-refractivity contribution in [3.8, 4) is 11.5 Å². The predicted octanol–water partition coefficient (Wildman–Crippen LogP) is 0.941. The topological polar surface area (TPSA) is 58.6 Å². The minimum Gasteiger partial charge on any atom is -0.545 e. The average molecular weight is 270 g/mol. The molecular weight excluding hydrogens is 264 g/mol. The van der Waals surface area contributed by atoms with Gasteiger partial charge in [-0.15, -0.1) is 0 Å². The molecule has 0 fully saturated rings. The van der Waals surface area contributed by atoms with Crippen molar-refractivity contribution in [2.45, 2.75) is 0 Å². The number of hydrogen-bond donors (Lipinski definition) is 0. The molecule has 78 valence electrons. The van der Waals surface area contributed by atoms with Gasteiger partial charge in [0.1, 0.15) is 0 Å². The summed E-state index contributed by atoms with van der Waals surface area (Å²) in [5, 5.41) is 10.2. The van der Waals surface area contributed by atoms with Crippen LogP contribution in [0.25, 0.3) is 6.08 Å². The monoisotopic (exact) mass is 269 g/mol. The summed E-state index contributed by atoms with van der Waals surface area (Å²) in [6.07, 6.45) is 2.39. The summed E-state index contributed by atoms with van der Waals surface area (Å²) < 4.78 is 11.1. The van der Waals surface area contributed by atoms with Crippen molar-refractivity contribution in [3.05, 3.63) is 28.2 Å². The summed E-state index contributed by atoms with van der Waals surface area (Å²) in [7, 11) is 0. The SMILES string of the molecule is O=C([O-])/C=C/c1cc2c(cc1Br)OCO2. The van der Waals surface area contributed by atoms with E-state index in [9.17, 15) is 9.90 Å². The van der Waals surface area contributed by atoms with Gasteiger partial charge in [-0.3, -0.25) is 0 Å². The third-order valence-electron chi connectivity index (χ3n) is 1.89. The van der Waals surface area contributed by atoms with Crippen LogP contribution in [0.3, 0.4) is 0 Å². The third-order valence-corrected chi connectivity index (χ3v) is 2.58. The molecule has 1 aromatic rings. The Morgan fingerprint density at radius 1 is 1.40 bits per heavy atom. The van der Waals surface area contributed by atoms with Crippen molar-refractivity contribution in [3.63, 3.8) is 0 Å². The van der Waals surface area contributed by atoms with Gasteiger partial charge in [0.15, 0.2) is 11.5 Å². The molecule has 0 saturated carbocycles. The highest BCUT2D eigenvalue weighted by Crippen LogP contribution is 2.37. The lowest BCUT2D eigenvalue weighted by Crippen LogP contribution is -2.18. The van der Waals surface area contributed by atoms with Crippen LogP contribution in [0.1, 0.15) is 5.56 Å². The molecule has 2 rings (SSSR count). The van der Waals surface area contributed by atoms with Crippen LogP contribution in [0.15, 0.2) is 22.7 Å². The maximum absolute atomic E-state index is 10.2. The number of carbonyl (C=O) groups excluding carboxylic acids is 1. The van der Waals surface area contributed by atoms with Crippen molar-refractivity contribution in [2.24, 2.45) is 0 Å². The number of benzene rings is 1. The van der Waals surface area contributed by atoms with E-state index in [1.807, 2.05) is 0 Å². The summed E-state index contributed by atoms with van der Waals surface area (Å²) in [4.78, 5) is 10.2. The van der Waals surface area contributed by atoms with Gasteiger partial charge in [-0.2, -0.15) is 0 Å². The second-order valence-electron chi connectivity index (χ2n) is 2.88. The molecule has 0 radical (unpaired) electrons. The molecule has 0 atom stereocenters. The molecule has 1 aliphatic heterocycles. The second-order valence-corrected chi connectivity index (χ2v) is 3.73. The van der Waals surface area contributed by atoms with Gasteiger partial charge in [-0.25, -0.2) is 0 Å². The second kappa shape index (κ2) is 3.94. The first-order valence-corrected chi connectivity index (χ1v) is 4.94. The van der Waals surface area contributed by atoms with Crippen molar-refractivity contribution >= 4 is 28.0 Å². The molecule has 0 spiro atoms. The van der Waals surface area contributed by atoms with Crippen LogP contribution in [0.5, 0.6) is 11.5 Å². The number of ether oxygens (including phenoxy) is 2. The van der Waals surface area contributed by atoms with Crippen molar-refractivity contribution < 1.29 is 19.4 Å². The van der Waals surface area contributed by atoms with E-state index in [0.717, 1.165) is 10.5 Å². The number of hydrogen-bond acceptors (Lipinski definition) is 4. The van der Waals surface area contributed by atoms with Gasteiger partial charge in [0, 0.05) is 4.47 Å². The number of carbonyl (C=O) groups is 1. The number of carboxylic acid groups (broad SMARTS) is 1. The molecule has 0 bridgehead atoms. The Kier molecular flexibility index (Phi) is 2.64. The maximum Gasteiger partial charge on any atom is 0.231 e. The van der Waals surface area contributed by atoms with E-state index in [0.29, 0.717) is 17.1 Å². The van der Waals surface area contributed by atoms with Gasteiger partial charge < -0.3 is 19.4 Å². The zero-order valence-electron chi connectivity index (χ0n) is 7.53. The number of rotatable bonds is 2. The molecule has 4 nitrogen and oxygen atoms in total. The molecule has 1 aliphatic rings. The zero-order chi connectivity index (χ0) is 10.8. The lowest BCUT2D eigenvalue weighted by Gasteiger charge is -2.01. The van der Waals surface area contributed by atoms with Gasteiger partial charge in [0.05, 0.1) is 5.97 Å². The van der Waals surface area contributed by atoms with Crippen molar-refractivity contribution in [1.82, 2.24) is 0 Å². The van der Waals surface area contributed by atoms with E-state index in [1.165, 1.54) is 6.08 Å². The Balaban J connectivity index is 2.36. The van der Waals surface area contributed by atoms with Crippen LogP contribution >= 0.6 is 15.9 Å². The van der Waals surface area contributed by atoms with Gasteiger partial charge >= 0.3 is 0 Å². The molecule has 0 saturated heterocycles. The van der Waals surface area contributed by atoms with Gasteiger partial charge in [0.25, 0.3) is 0 Å². The van der Waals surface area contributed by atoms with E-state index >= 15 is 0 Å². The molecule has 0 aliphatic carbocycles. The number of halogens is 1. The summed E-state index contributed by atoms with van der Waals surface area (Å²) in [6, 6.07) is 3.43. The third kappa shape index (κ3) is 2.12. The van der Waals surface area contributed by atoms with E-state index in [4.69, 9.17) is 9.47 Å². The quantitative estimate of drug-likeness (QED) is 0.750. The molecule has 0 unspecified atom stereocenters. The Hall–Kier alpha value is -1.49. The van der Waals surface area contributed by atoms with Crippen molar-refractivity contribution in [1.29, 1.82) is 0 Å².